The van der Waals surface area contributed by atoms with E-state index in [9.17, 15) is 27.9 Å². The normalized spacial score (nSPS) is 28.3. The van der Waals surface area contributed by atoms with E-state index in [1.54, 1.807) is 61.7 Å². The second-order valence-corrected chi connectivity index (χ2v) is 13.4. The van der Waals surface area contributed by atoms with Crippen LogP contribution in [-0.4, -0.2) is 48.3 Å². The second-order valence-electron chi connectivity index (χ2n) is 13.4. The van der Waals surface area contributed by atoms with Crippen LogP contribution < -0.4 is 15.4 Å². The Hall–Kier alpha value is -4.17. The molecule has 0 aromatic heterocycles. The number of nitrogens with one attached hydrogen (secondary N) is 2. The first-order valence-corrected chi connectivity index (χ1v) is 16.1. The Morgan fingerprint density at radius 1 is 1.02 bits per heavy atom. The molecule has 5 atom stereocenters. The molecule has 2 aromatic rings. The summed E-state index contributed by atoms with van der Waals surface area (Å²) in [6.07, 6.45) is -3.03. The Labute approximate surface area is 275 Å². The van der Waals surface area contributed by atoms with Crippen molar-refractivity contribution in [1.82, 2.24) is 5.32 Å². The minimum atomic E-state index is -5.90. The van der Waals surface area contributed by atoms with Crippen molar-refractivity contribution >= 4 is 17.5 Å². The van der Waals surface area contributed by atoms with Crippen LogP contribution in [-0.2, 0) is 4.79 Å². The molecule has 11 heteroatoms. The van der Waals surface area contributed by atoms with Gasteiger partial charge in [-0.05, 0) is 110 Å². The molecule has 2 fully saturated rings. The summed E-state index contributed by atoms with van der Waals surface area (Å²) in [6, 6.07) is 13.5. The number of aliphatic hydroxyl groups is 1. The molecule has 48 heavy (non-hydrogen) atoms. The molecule has 0 aliphatic heterocycles. The third-order valence-electron chi connectivity index (χ3n) is 11.0. The lowest BCUT2D eigenvalue weighted by Crippen LogP contribution is -2.65. The van der Waals surface area contributed by atoms with Crippen LogP contribution in [0.4, 0.5) is 32.4 Å². The van der Waals surface area contributed by atoms with Gasteiger partial charge in [0.25, 0.3) is 0 Å². The number of amides is 2. The molecule has 2 aromatic carbocycles. The van der Waals surface area contributed by atoms with Gasteiger partial charge in [-0.1, -0.05) is 36.5 Å². The van der Waals surface area contributed by atoms with Crippen molar-refractivity contribution in [3.8, 4) is 17.6 Å². The Morgan fingerprint density at radius 2 is 1.73 bits per heavy atom. The summed E-state index contributed by atoms with van der Waals surface area (Å²) in [5.74, 6) is -0.110. The molecule has 6 rings (SSSR count). The average Bonchev–Trinajstić information content (AvgIpc) is 3.33. The molecule has 3 N–H and O–H groups in total. The Balaban J connectivity index is 1.26. The summed E-state index contributed by atoms with van der Waals surface area (Å²) in [7, 11) is 1.55. The van der Waals surface area contributed by atoms with Gasteiger partial charge in [0.05, 0.1) is 13.7 Å². The molecule has 2 unspecified atom stereocenters. The van der Waals surface area contributed by atoms with E-state index < -0.39 is 47.4 Å². The quantitative estimate of drug-likeness (QED) is 0.225. The Morgan fingerprint density at radius 3 is 2.40 bits per heavy atom. The van der Waals surface area contributed by atoms with Crippen molar-refractivity contribution in [2.75, 3.05) is 19.0 Å². The Kier molecular flexibility index (Phi) is 8.69. The lowest BCUT2D eigenvalue weighted by atomic mass is 9.50. The first-order valence-electron chi connectivity index (χ1n) is 16.1. The van der Waals surface area contributed by atoms with E-state index in [2.05, 4.69) is 22.5 Å². The zero-order valence-electron chi connectivity index (χ0n) is 26.6. The van der Waals surface area contributed by atoms with Gasteiger partial charge < -0.3 is 20.5 Å². The smallest absolute Gasteiger partial charge is 0.456 e. The zero-order valence-corrected chi connectivity index (χ0v) is 26.6. The van der Waals surface area contributed by atoms with Gasteiger partial charge in [0, 0.05) is 29.0 Å². The molecule has 4 aliphatic carbocycles. The predicted octanol–water partition coefficient (Wildman–Crippen LogP) is 7.70. The minimum Gasteiger partial charge on any atom is -0.497 e. The van der Waals surface area contributed by atoms with E-state index in [4.69, 9.17) is 4.74 Å². The highest BCUT2D eigenvalue weighted by atomic mass is 19.4. The van der Waals surface area contributed by atoms with Gasteiger partial charge >= 0.3 is 18.1 Å². The number of allylic oxidation sites excluding steroid dienone is 4. The fourth-order valence-electron chi connectivity index (χ4n) is 8.63. The first-order chi connectivity index (χ1) is 22.7. The number of hydrogen-bond acceptors (Lipinski definition) is 4. The van der Waals surface area contributed by atoms with Crippen LogP contribution in [0.3, 0.4) is 0 Å². The number of hydrogen-bond donors (Lipinski definition) is 3. The highest BCUT2D eigenvalue weighted by molar-refractivity contribution is 5.93. The van der Waals surface area contributed by atoms with E-state index in [-0.39, 0.29) is 31.1 Å². The molecule has 254 valence electrons. The van der Waals surface area contributed by atoms with E-state index in [0.717, 1.165) is 22.3 Å². The fraction of sp³-hybridized carbons (Fsp3) is 0.459. The van der Waals surface area contributed by atoms with Crippen LogP contribution in [0.2, 0.25) is 0 Å². The summed E-state index contributed by atoms with van der Waals surface area (Å²) in [5.41, 5.74) is -0.0951. The minimum absolute atomic E-state index is 0.0284. The van der Waals surface area contributed by atoms with Gasteiger partial charge in [-0.3, -0.25) is 4.79 Å². The highest BCUT2D eigenvalue weighted by Gasteiger charge is 2.79. The van der Waals surface area contributed by atoms with Gasteiger partial charge in [-0.2, -0.15) is 22.0 Å². The van der Waals surface area contributed by atoms with Gasteiger partial charge in [0.1, 0.15) is 11.4 Å². The summed E-state index contributed by atoms with van der Waals surface area (Å²) in [5, 5.41) is 16.8. The lowest BCUT2D eigenvalue weighted by molar-refractivity contribution is -0.362. The fourth-order valence-corrected chi connectivity index (χ4v) is 8.63. The van der Waals surface area contributed by atoms with Gasteiger partial charge in [0.2, 0.25) is 0 Å². The van der Waals surface area contributed by atoms with Crippen molar-refractivity contribution in [3.05, 3.63) is 82.5 Å². The molecular formula is C37H37F5N2O4. The molecule has 2 saturated carbocycles. The largest absolute Gasteiger partial charge is 0.497 e. The van der Waals surface area contributed by atoms with Gasteiger partial charge in [0.15, 0.2) is 5.78 Å². The van der Waals surface area contributed by atoms with Crippen molar-refractivity contribution in [2.24, 2.45) is 17.3 Å². The number of anilines is 1. The lowest BCUT2D eigenvalue weighted by Gasteiger charge is -2.56. The molecule has 4 aliphatic rings. The molecule has 0 spiro atoms. The SMILES string of the molecule is COc1ccc(NC(=O)NCC#Cc2ccc([C@H]3C[C@@]4(C)C(CC[C@@]4(O)C(F)(F)C(F)(F)F)C4CCC5=CC(=O)CCC5=C43)cc2)cc1. The number of benzene rings is 2. The van der Waals surface area contributed by atoms with E-state index in [0.29, 0.717) is 42.7 Å². The van der Waals surface area contributed by atoms with Crippen LogP contribution in [0.25, 0.3) is 0 Å². The molecular weight excluding hydrogens is 631 g/mol. The van der Waals surface area contributed by atoms with Gasteiger partial charge in [-0.25, -0.2) is 4.79 Å². The number of halogens is 5. The number of ketones is 1. The number of ether oxygens (including phenoxy) is 1. The number of rotatable bonds is 5. The zero-order chi connectivity index (χ0) is 34.5. The number of carbonyl (C=O) groups is 2. The maximum atomic E-state index is 15.2. The van der Waals surface area contributed by atoms with E-state index in [1.165, 1.54) is 6.92 Å². The summed E-state index contributed by atoms with van der Waals surface area (Å²) in [6.45, 7) is 1.47. The number of carbonyl (C=O) groups excluding carboxylic acids is 2. The summed E-state index contributed by atoms with van der Waals surface area (Å²) < 4.78 is 76.9. The first kappa shape index (κ1) is 33.7. The molecule has 0 radical (unpaired) electrons. The van der Waals surface area contributed by atoms with Crippen LogP contribution >= 0.6 is 0 Å². The van der Waals surface area contributed by atoms with Crippen LogP contribution in [0.5, 0.6) is 5.75 Å². The number of urea groups is 1. The second kappa shape index (κ2) is 12.4. The predicted molar refractivity (Wildman–Crippen MR) is 170 cm³/mol. The summed E-state index contributed by atoms with van der Waals surface area (Å²) >= 11 is 0. The maximum Gasteiger partial charge on any atom is 0.456 e. The molecule has 2 amide bonds. The maximum absolute atomic E-state index is 15.2. The van der Waals surface area contributed by atoms with E-state index in [1.807, 2.05) is 0 Å². The van der Waals surface area contributed by atoms with Crippen LogP contribution in [0.15, 0.2) is 71.3 Å². The third-order valence-corrected chi connectivity index (χ3v) is 11.0. The highest BCUT2D eigenvalue weighted by Crippen LogP contribution is 2.70. The molecule has 0 bridgehead atoms. The van der Waals surface area contributed by atoms with Gasteiger partial charge in [-0.15, -0.1) is 0 Å². The standard InChI is InChI=1S/C37H37F5N2O4/c1-34-21-30(23-7-5-22(6-8-23)4-3-19-43-33(46)44-25-10-13-27(48-2)14-11-25)32-28-16-12-26(45)20-24(28)9-15-29(32)31(34)17-18-35(34,47)36(38,39)37(40,41)42/h5-8,10-11,13-14,20,29-31,47H,9,12,15-19,21H2,1-2H3,(H2,43,44,46)/t29?,30-,31?,34+,35+/m1/s1. The number of alkyl halides is 5. The monoisotopic (exact) mass is 668 g/mol. The molecule has 6 nitrogen and oxygen atoms in total. The molecule has 0 heterocycles. The van der Waals surface area contributed by atoms with Crippen molar-refractivity contribution in [2.45, 2.75) is 75.5 Å². The van der Waals surface area contributed by atoms with Crippen molar-refractivity contribution < 1.29 is 41.4 Å². The summed E-state index contributed by atoms with van der Waals surface area (Å²) in [4.78, 5) is 24.5. The average molecular weight is 669 g/mol. The topological polar surface area (TPSA) is 87.7 Å². The third kappa shape index (κ3) is 5.68. The molecule has 0 saturated heterocycles. The number of methoxy groups -OCH3 is 1. The van der Waals surface area contributed by atoms with Crippen LogP contribution in [0.1, 0.15) is 68.9 Å². The number of fused-ring (bicyclic) bond motifs is 4. The van der Waals surface area contributed by atoms with Crippen LogP contribution in [0, 0.1) is 29.1 Å². The van der Waals surface area contributed by atoms with E-state index >= 15 is 8.78 Å². The Bertz CT molecular complexity index is 1720. The van der Waals surface area contributed by atoms with Crippen molar-refractivity contribution in [3.63, 3.8) is 0 Å². The van der Waals surface area contributed by atoms with Crippen molar-refractivity contribution in [1.29, 1.82) is 0 Å².